The van der Waals surface area contributed by atoms with E-state index >= 15 is 0 Å². The van der Waals surface area contributed by atoms with Gasteiger partial charge in [-0.15, -0.1) is 0 Å². The Balaban J connectivity index is 1.69. The molecule has 1 aromatic heterocycles. The average Bonchev–Trinajstić information content (AvgIpc) is 2.95. The fourth-order valence-corrected chi connectivity index (χ4v) is 2.96. The van der Waals surface area contributed by atoms with Crippen molar-refractivity contribution < 1.29 is 4.79 Å². The van der Waals surface area contributed by atoms with Gasteiger partial charge in [-0.2, -0.15) is 5.10 Å². The molecule has 104 valence electrons. The van der Waals surface area contributed by atoms with Crippen molar-refractivity contribution in [3.8, 4) is 0 Å². The van der Waals surface area contributed by atoms with Gasteiger partial charge in [0.1, 0.15) is 0 Å². The van der Waals surface area contributed by atoms with Crippen LogP contribution in [-0.4, -0.2) is 39.7 Å². The zero-order chi connectivity index (χ0) is 13.6. The van der Waals surface area contributed by atoms with Crippen molar-refractivity contribution in [2.24, 2.45) is 17.6 Å². The number of hydrogen-bond donors (Lipinski definition) is 1. The van der Waals surface area contributed by atoms with E-state index in [1.165, 1.54) is 12.8 Å². The lowest BCUT2D eigenvalue weighted by atomic mass is 9.99. The summed E-state index contributed by atoms with van der Waals surface area (Å²) in [4.78, 5) is 14.3. The molecule has 2 aliphatic rings. The number of likely N-dealkylation sites (tertiary alicyclic amines) is 1. The highest BCUT2D eigenvalue weighted by molar-refractivity contribution is 5.94. The number of carbonyl (C=O) groups is 1. The van der Waals surface area contributed by atoms with Gasteiger partial charge in [0, 0.05) is 31.4 Å². The molecule has 5 nitrogen and oxygen atoms in total. The first-order valence-electron chi connectivity index (χ1n) is 7.15. The first kappa shape index (κ1) is 12.7. The molecule has 2 heterocycles. The van der Waals surface area contributed by atoms with E-state index in [0.29, 0.717) is 18.0 Å². The fourth-order valence-electron chi connectivity index (χ4n) is 2.96. The van der Waals surface area contributed by atoms with Gasteiger partial charge in [0.05, 0.1) is 11.8 Å². The van der Waals surface area contributed by atoms with Crippen molar-refractivity contribution >= 4 is 5.91 Å². The molecule has 0 bridgehead atoms. The molecule has 19 heavy (non-hydrogen) atoms. The molecule has 2 atom stereocenters. The number of aromatic nitrogens is 2. The van der Waals surface area contributed by atoms with Crippen molar-refractivity contribution in [3.05, 3.63) is 18.0 Å². The summed E-state index contributed by atoms with van der Waals surface area (Å²) in [6, 6.07) is 0.429. The largest absolute Gasteiger partial charge is 0.337 e. The predicted octanol–water partition coefficient (Wildman–Crippen LogP) is 1.27. The summed E-state index contributed by atoms with van der Waals surface area (Å²) >= 11 is 0. The van der Waals surface area contributed by atoms with Crippen LogP contribution in [0.3, 0.4) is 0 Å². The maximum absolute atomic E-state index is 12.4. The molecule has 0 unspecified atom stereocenters. The standard InChI is InChI=1S/C14H22N4O/c1-9(2)18-6-11(5-16-18)14(19)17-7-12(10-3-4-10)13(15)8-17/h5-6,9-10,12-13H,3-4,7-8,15H2,1-2H3/t12-,13+/m1/s1. The van der Waals surface area contributed by atoms with Crippen LogP contribution in [0.15, 0.2) is 12.4 Å². The van der Waals surface area contributed by atoms with E-state index in [1.54, 1.807) is 6.20 Å². The third kappa shape index (κ3) is 2.39. The molecule has 0 spiro atoms. The molecule has 2 N–H and O–H groups in total. The van der Waals surface area contributed by atoms with Crippen LogP contribution in [0.25, 0.3) is 0 Å². The highest BCUT2D eigenvalue weighted by Gasteiger charge is 2.42. The second-order valence-corrected chi connectivity index (χ2v) is 6.18. The topological polar surface area (TPSA) is 64.2 Å². The Morgan fingerprint density at radius 1 is 1.42 bits per heavy atom. The van der Waals surface area contributed by atoms with Crippen LogP contribution in [0.1, 0.15) is 43.1 Å². The van der Waals surface area contributed by atoms with Crippen LogP contribution in [0.2, 0.25) is 0 Å². The molecule has 3 rings (SSSR count). The van der Waals surface area contributed by atoms with E-state index in [0.717, 1.165) is 12.5 Å². The van der Waals surface area contributed by atoms with Gasteiger partial charge in [0.2, 0.25) is 0 Å². The van der Waals surface area contributed by atoms with Crippen LogP contribution < -0.4 is 5.73 Å². The summed E-state index contributed by atoms with van der Waals surface area (Å²) in [6.45, 7) is 5.61. The number of hydrogen-bond acceptors (Lipinski definition) is 3. The minimum atomic E-state index is 0.0745. The second kappa shape index (κ2) is 4.63. The summed E-state index contributed by atoms with van der Waals surface area (Å²) in [7, 11) is 0. The SMILES string of the molecule is CC(C)n1cc(C(=O)N2C[C@H](C3CC3)[C@@H](N)C2)cn1. The van der Waals surface area contributed by atoms with Gasteiger partial charge >= 0.3 is 0 Å². The van der Waals surface area contributed by atoms with Crippen LogP contribution in [-0.2, 0) is 0 Å². The molecule has 1 saturated heterocycles. The van der Waals surface area contributed by atoms with Gasteiger partial charge in [-0.25, -0.2) is 0 Å². The van der Waals surface area contributed by atoms with Crippen molar-refractivity contribution in [3.63, 3.8) is 0 Å². The summed E-state index contributed by atoms with van der Waals surface area (Å²) in [6.07, 6.45) is 6.07. The van der Waals surface area contributed by atoms with Crippen LogP contribution in [0.4, 0.5) is 0 Å². The van der Waals surface area contributed by atoms with Crippen LogP contribution >= 0.6 is 0 Å². The van der Waals surface area contributed by atoms with Crippen molar-refractivity contribution in [2.45, 2.75) is 38.8 Å². The van der Waals surface area contributed by atoms with Gasteiger partial charge in [-0.05, 0) is 38.5 Å². The van der Waals surface area contributed by atoms with Gasteiger partial charge in [-0.3, -0.25) is 9.48 Å². The molecular weight excluding hydrogens is 240 g/mol. The molecule has 0 radical (unpaired) electrons. The predicted molar refractivity (Wildman–Crippen MR) is 72.7 cm³/mol. The Hall–Kier alpha value is -1.36. The Kier molecular flexibility index (Phi) is 3.09. The van der Waals surface area contributed by atoms with E-state index in [2.05, 4.69) is 18.9 Å². The maximum atomic E-state index is 12.4. The van der Waals surface area contributed by atoms with E-state index < -0.39 is 0 Å². The molecule has 1 saturated carbocycles. The molecule has 2 fully saturated rings. The summed E-state index contributed by atoms with van der Waals surface area (Å²) in [5.41, 5.74) is 6.84. The van der Waals surface area contributed by atoms with Crippen LogP contribution in [0.5, 0.6) is 0 Å². The van der Waals surface area contributed by atoms with Crippen molar-refractivity contribution in [1.82, 2.24) is 14.7 Å². The van der Waals surface area contributed by atoms with Gasteiger partial charge in [-0.1, -0.05) is 0 Å². The lowest BCUT2D eigenvalue weighted by Crippen LogP contribution is -2.32. The average molecular weight is 262 g/mol. The lowest BCUT2D eigenvalue weighted by Gasteiger charge is -2.15. The summed E-state index contributed by atoms with van der Waals surface area (Å²) in [5.74, 6) is 1.33. The third-order valence-corrected chi connectivity index (χ3v) is 4.30. The van der Waals surface area contributed by atoms with Crippen LogP contribution in [0, 0.1) is 11.8 Å². The smallest absolute Gasteiger partial charge is 0.257 e. The van der Waals surface area contributed by atoms with E-state index in [9.17, 15) is 4.79 Å². The molecule has 0 aromatic carbocycles. The molecule has 5 heteroatoms. The number of amides is 1. The highest BCUT2D eigenvalue weighted by atomic mass is 16.2. The highest BCUT2D eigenvalue weighted by Crippen LogP contribution is 2.41. The Morgan fingerprint density at radius 2 is 2.16 bits per heavy atom. The molecule has 1 aliphatic heterocycles. The number of carbonyl (C=O) groups excluding carboxylic acids is 1. The minimum absolute atomic E-state index is 0.0745. The normalized spacial score (nSPS) is 27.3. The van der Waals surface area contributed by atoms with Crippen molar-refractivity contribution in [1.29, 1.82) is 0 Å². The fraction of sp³-hybridized carbons (Fsp3) is 0.714. The summed E-state index contributed by atoms with van der Waals surface area (Å²) in [5, 5.41) is 4.23. The second-order valence-electron chi connectivity index (χ2n) is 6.18. The monoisotopic (exact) mass is 262 g/mol. The first-order chi connectivity index (χ1) is 9.06. The van der Waals surface area contributed by atoms with E-state index in [1.807, 2.05) is 15.8 Å². The first-order valence-corrected chi connectivity index (χ1v) is 7.15. The molecule has 1 aromatic rings. The quantitative estimate of drug-likeness (QED) is 0.892. The zero-order valence-electron chi connectivity index (χ0n) is 11.6. The van der Waals surface area contributed by atoms with Gasteiger partial charge < -0.3 is 10.6 Å². The van der Waals surface area contributed by atoms with Crippen molar-refractivity contribution in [2.75, 3.05) is 13.1 Å². The Morgan fingerprint density at radius 3 is 2.74 bits per heavy atom. The Bertz CT molecular complexity index is 478. The molecule has 1 amide bonds. The van der Waals surface area contributed by atoms with E-state index in [4.69, 9.17) is 5.73 Å². The molecular formula is C14H22N4O. The lowest BCUT2D eigenvalue weighted by molar-refractivity contribution is 0.0784. The third-order valence-electron chi connectivity index (χ3n) is 4.30. The van der Waals surface area contributed by atoms with Gasteiger partial charge in [0.15, 0.2) is 0 Å². The Labute approximate surface area is 113 Å². The zero-order valence-corrected chi connectivity index (χ0v) is 11.6. The minimum Gasteiger partial charge on any atom is -0.337 e. The van der Waals surface area contributed by atoms with E-state index in [-0.39, 0.29) is 18.0 Å². The van der Waals surface area contributed by atoms with Gasteiger partial charge in [0.25, 0.3) is 5.91 Å². The summed E-state index contributed by atoms with van der Waals surface area (Å²) < 4.78 is 1.82. The number of nitrogens with two attached hydrogens (primary N) is 1. The number of nitrogens with zero attached hydrogens (tertiary/aromatic N) is 3. The molecule has 1 aliphatic carbocycles. The number of rotatable bonds is 3. The maximum Gasteiger partial charge on any atom is 0.257 e.